The topological polar surface area (TPSA) is 78.5 Å². The number of likely N-dealkylation sites (tertiary alicyclic amines) is 1. The number of hydrogen-bond acceptors (Lipinski definition) is 4. The van der Waals surface area contributed by atoms with Crippen molar-refractivity contribution >= 4 is 35.2 Å². The fourth-order valence-corrected chi connectivity index (χ4v) is 3.91. The average Bonchev–Trinajstić information content (AvgIpc) is 2.62. The second-order valence-corrected chi connectivity index (χ2v) is 7.92. The summed E-state index contributed by atoms with van der Waals surface area (Å²) in [6.45, 7) is 6.53. The lowest BCUT2D eigenvalue weighted by Gasteiger charge is -2.34. The van der Waals surface area contributed by atoms with Crippen LogP contribution < -0.4 is 10.6 Å². The highest BCUT2D eigenvalue weighted by molar-refractivity contribution is 8.00. The van der Waals surface area contributed by atoms with Crippen molar-refractivity contribution in [1.82, 2.24) is 10.2 Å². The molecule has 1 aromatic carbocycles. The zero-order chi connectivity index (χ0) is 19.1. The van der Waals surface area contributed by atoms with E-state index in [0.717, 1.165) is 30.0 Å². The number of nitrogens with zero attached hydrogens (tertiary/aromatic N) is 1. The van der Waals surface area contributed by atoms with Crippen LogP contribution in [0.1, 0.15) is 40.0 Å². The van der Waals surface area contributed by atoms with Crippen molar-refractivity contribution in [3.05, 3.63) is 24.3 Å². The quantitative estimate of drug-likeness (QED) is 0.747. The maximum absolute atomic E-state index is 12.8. The number of piperidine rings is 1. The van der Waals surface area contributed by atoms with E-state index in [0.29, 0.717) is 13.0 Å². The number of carbonyl (C=O) groups is 3. The van der Waals surface area contributed by atoms with Gasteiger partial charge in [0, 0.05) is 43.1 Å². The first-order valence-corrected chi connectivity index (χ1v) is 9.89. The average molecular weight is 378 g/mol. The Morgan fingerprint density at radius 3 is 2.58 bits per heavy atom. The first-order valence-electron chi connectivity index (χ1n) is 9.01. The molecule has 1 aliphatic heterocycles. The van der Waals surface area contributed by atoms with Crippen LogP contribution in [0.25, 0.3) is 0 Å². The summed E-state index contributed by atoms with van der Waals surface area (Å²) < 4.78 is 0. The minimum absolute atomic E-state index is 0.0333. The van der Waals surface area contributed by atoms with Crippen LogP contribution >= 0.6 is 11.8 Å². The molecule has 0 aliphatic carbocycles. The molecule has 142 valence electrons. The maximum atomic E-state index is 12.8. The van der Waals surface area contributed by atoms with Crippen LogP contribution in [0.5, 0.6) is 0 Å². The van der Waals surface area contributed by atoms with Crippen LogP contribution in [-0.2, 0) is 14.4 Å². The van der Waals surface area contributed by atoms with Gasteiger partial charge in [-0.15, -0.1) is 11.8 Å². The molecular weight excluding hydrogens is 350 g/mol. The zero-order valence-corrected chi connectivity index (χ0v) is 16.4. The monoisotopic (exact) mass is 377 g/mol. The minimum atomic E-state index is -0.206. The molecule has 1 aromatic rings. The summed E-state index contributed by atoms with van der Waals surface area (Å²) in [4.78, 5) is 38.2. The third-order valence-corrected chi connectivity index (χ3v) is 5.35. The summed E-state index contributed by atoms with van der Waals surface area (Å²) in [6.07, 6.45) is 2.29. The number of anilines is 1. The fourth-order valence-electron chi connectivity index (χ4n) is 2.96. The Hall–Kier alpha value is -2.02. The lowest BCUT2D eigenvalue weighted by molar-refractivity contribution is -0.132. The Kier molecular flexibility index (Phi) is 7.50. The summed E-state index contributed by atoms with van der Waals surface area (Å²) in [5.74, 6) is 0.0196. The molecule has 2 rings (SSSR count). The van der Waals surface area contributed by atoms with E-state index < -0.39 is 0 Å². The van der Waals surface area contributed by atoms with Gasteiger partial charge in [0.15, 0.2) is 0 Å². The van der Waals surface area contributed by atoms with Gasteiger partial charge in [-0.3, -0.25) is 14.4 Å². The Labute approximate surface area is 159 Å². The van der Waals surface area contributed by atoms with E-state index in [2.05, 4.69) is 10.6 Å². The van der Waals surface area contributed by atoms with Gasteiger partial charge in [-0.05, 0) is 44.0 Å². The van der Waals surface area contributed by atoms with Crippen LogP contribution in [-0.4, -0.2) is 47.0 Å². The molecule has 1 fully saturated rings. The highest BCUT2D eigenvalue weighted by Crippen LogP contribution is 2.26. The van der Waals surface area contributed by atoms with Gasteiger partial charge < -0.3 is 15.5 Å². The predicted octanol–water partition coefficient (Wildman–Crippen LogP) is 2.64. The zero-order valence-electron chi connectivity index (χ0n) is 15.6. The van der Waals surface area contributed by atoms with Crippen molar-refractivity contribution in [2.45, 2.75) is 56.2 Å². The number of rotatable bonds is 6. The molecule has 2 N–H and O–H groups in total. The van der Waals surface area contributed by atoms with Gasteiger partial charge >= 0.3 is 0 Å². The molecule has 0 aromatic heterocycles. The van der Waals surface area contributed by atoms with E-state index in [9.17, 15) is 14.4 Å². The highest BCUT2D eigenvalue weighted by Gasteiger charge is 2.27. The van der Waals surface area contributed by atoms with Gasteiger partial charge in [-0.25, -0.2) is 0 Å². The molecule has 0 saturated carbocycles. The Morgan fingerprint density at radius 2 is 1.96 bits per heavy atom. The number of nitrogens with one attached hydrogen (secondary N) is 2. The van der Waals surface area contributed by atoms with Crippen molar-refractivity contribution < 1.29 is 14.4 Å². The van der Waals surface area contributed by atoms with Crippen molar-refractivity contribution in [3.63, 3.8) is 0 Å². The summed E-state index contributed by atoms with van der Waals surface area (Å²) in [7, 11) is 0. The van der Waals surface area contributed by atoms with Gasteiger partial charge in [0.05, 0.1) is 5.25 Å². The smallest absolute Gasteiger partial charge is 0.235 e. The molecule has 6 nitrogen and oxygen atoms in total. The predicted molar refractivity (Wildman–Crippen MR) is 104 cm³/mol. The van der Waals surface area contributed by atoms with E-state index in [1.54, 1.807) is 0 Å². The number of hydrogen-bond donors (Lipinski definition) is 2. The summed E-state index contributed by atoms with van der Waals surface area (Å²) in [5, 5.41) is 5.51. The Balaban J connectivity index is 1.89. The number of thioether (sulfide) groups is 1. The van der Waals surface area contributed by atoms with E-state index in [-0.39, 0.29) is 29.0 Å². The Morgan fingerprint density at radius 1 is 1.27 bits per heavy atom. The third kappa shape index (κ3) is 6.05. The second kappa shape index (κ2) is 9.62. The number of benzene rings is 1. The fraction of sp³-hybridized carbons (Fsp3) is 0.526. The third-order valence-electron chi connectivity index (χ3n) is 4.25. The van der Waals surface area contributed by atoms with Gasteiger partial charge in [-0.1, -0.05) is 6.92 Å². The van der Waals surface area contributed by atoms with Crippen LogP contribution in [0.4, 0.5) is 5.69 Å². The first-order chi connectivity index (χ1) is 12.4. The normalized spacial score (nSPS) is 18.1. The summed E-state index contributed by atoms with van der Waals surface area (Å²) >= 11 is 1.50. The molecule has 2 atom stereocenters. The largest absolute Gasteiger partial charge is 0.352 e. The van der Waals surface area contributed by atoms with Crippen molar-refractivity contribution in [1.29, 1.82) is 0 Å². The number of amides is 3. The molecule has 26 heavy (non-hydrogen) atoms. The molecule has 2 unspecified atom stereocenters. The maximum Gasteiger partial charge on any atom is 0.235 e. The lowest BCUT2D eigenvalue weighted by atomic mass is 10.1. The SMILES string of the molecule is CCC(=O)NC1CCCN(C(=O)C(C)Sc2ccc(NC(C)=O)cc2)C1. The van der Waals surface area contributed by atoms with Crippen LogP contribution in [0.15, 0.2) is 29.2 Å². The number of carbonyl (C=O) groups excluding carboxylic acids is 3. The van der Waals surface area contributed by atoms with Gasteiger partial charge in [0.25, 0.3) is 0 Å². The standard InChI is InChI=1S/C19H27N3O3S/c1-4-18(24)21-16-6-5-11-22(12-16)19(25)13(2)26-17-9-7-15(8-10-17)20-14(3)23/h7-10,13,16H,4-6,11-12H2,1-3H3,(H,20,23)(H,21,24). The molecule has 0 radical (unpaired) electrons. The van der Waals surface area contributed by atoms with Crippen molar-refractivity contribution in [3.8, 4) is 0 Å². The first kappa shape index (κ1) is 20.3. The highest BCUT2D eigenvalue weighted by atomic mass is 32.2. The van der Waals surface area contributed by atoms with Crippen LogP contribution in [0.3, 0.4) is 0 Å². The molecule has 1 saturated heterocycles. The molecule has 7 heteroatoms. The second-order valence-electron chi connectivity index (χ2n) is 6.51. The van der Waals surface area contributed by atoms with Crippen LogP contribution in [0, 0.1) is 0 Å². The van der Waals surface area contributed by atoms with E-state index in [4.69, 9.17) is 0 Å². The molecule has 1 heterocycles. The van der Waals surface area contributed by atoms with Gasteiger partial charge in [0.1, 0.15) is 0 Å². The van der Waals surface area contributed by atoms with Gasteiger partial charge in [-0.2, -0.15) is 0 Å². The van der Waals surface area contributed by atoms with Gasteiger partial charge in [0.2, 0.25) is 17.7 Å². The molecule has 0 spiro atoms. The van der Waals surface area contributed by atoms with E-state index in [1.807, 2.05) is 43.0 Å². The molecule has 3 amide bonds. The minimum Gasteiger partial charge on any atom is -0.352 e. The summed E-state index contributed by atoms with van der Waals surface area (Å²) in [6, 6.07) is 7.52. The summed E-state index contributed by atoms with van der Waals surface area (Å²) in [5.41, 5.74) is 0.742. The van der Waals surface area contributed by atoms with Crippen LogP contribution in [0.2, 0.25) is 0 Å². The van der Waals surface area contributed by atoms with E-state index in [1.165, 1.54) is 18.7 Å². The van der Waals surface area contributed by atoms with Crippen molar-refractivity contribution in [2.24, 2.45) is 0 Å². The van der Waals surface area contributed by atoms with E-state index >= 15 is 0 Å². The Bertz CT molecular complexity index is 648. The molecule has 1 aliphatic rings. The lowest BCUT2D eigenvalue weighted by Crippen LogP contribution is -2.51. The van der Waals surface area contributed by atoms with Crippen molar-refractivity contribution in [2.75, 3.05) is 18.4 Å². The molecular formula is C19H27N3O3S. The molecule has 0 bridgehead atoms.